The van der Waals surface area contributed by atoms with Crippen LogP contribution in [0.1, 0.15) is 12.8 Å². The smallest absolute Gasteiger partial charge is 0.188 e. The molecule has 1 heterocycles. The molecule has 0 aromatic carbocycles. The van der Waals surface area contributed by atoms with Crippen molar-refractivity contribution in [1.29, 1.82) is 0 Å². The van der Waals surface area contributed by atoms with Crippen molar-refractivity contribution < 1.29 is 0 Å². The minimum absolute atomic E-state index is 0.271. The Kier molecular flexibility index (Phi) is 5.85. The molecule has 0 saturated carbocycles. The molecule has 1 aliphatic heterocycles. The molecule has 0 radical (unpaired) electrons. The van der Waals surface area contributed by atoms with Crippen molar-refractivity contribution in [1.82, 2.24) is 10.2 Å². The highest BCUT2D eigenvalue weighted by Crippen LogP contribution is 2.34. The number of likely N-dealkylation sites (tertiary alicyclic amines) is 1. The molecule has 0 amide bonds. The predicted octanol–water partition coefficient (Wildman–Crippen LogP) is 0.904. The van der Waals surface area contributed by atoms with Crippen LogP contribution in [0.3, 0.4) is 0 Å². The Labute approximate surface area is 109 Å². The summed E-state index contributed by atoms with van der Waals surface area (Å²) in [6.07, 6.45) is 6.32. The molecule has 0 aliphatic carbocycles. The summed E-state index contributed by atoms with van der Waals surface area (Å²) in [5, 5.41) is 3.01. The quantitative estimate of drug-likeness (QED) is 0.436. The molecule has 0 spiro atoms. The minimum atomic E-state index is 0.271. The van der Waals surface area contributed by atoms with Gasteiger partial charge in [-0.25, -0.2) is 0 Å². The topological polar surface area (TPSA) is 53.6 Å². The number of aliphatic imine (C=N–C) groups is 1. The van der Waals surface area contributed by atoms with Crippen molar-refractivity contribution in [3.05, 3.63) is 12.7 Å². The van der Waals surface area contributed by atoms with Crippen LogP contribution in [0.5, 0.6) is 0 Å². The van der Waals surface area contributed by atoms with Gasteiger partial charge in [0.25, 0.3) is 0 Å². The van der Waals surface area contributed by atoms with Gasteiger partial charge in [0.2, 0.25) is 0 Å². The number of nitrogens with zero attached hydrogens (tertiary/aromatic N) is 2. The Bertz CT molecular complexity index is 270. The number of piperidine rings is 1. The van der Waals surface area contributed by atoms with E-state index in [0.29, 0.717) is 12.5 Å². The van der Waals surface area contributed by atoms with Crippen molar-refractivity contribution in [2.45, 2.75) is 17.6 Å². The van der Waals surface area contributed by atoms with Crippen LogP contribution in [0, 0.1) is 0 Å². The van der Waals surface area contributed by atoms with Crippen LogP contribution >= 0.6 is 11.8 Å². The first-order valence-electron chi connectivity index (χ1n) is 6.00. The second-order valence-electron chi connectivity index (χ2n) is 4.56. The zero-order valence-electron chi connectivity index (χ0n) is 10.9. The van der Waals surface area contributed by atoms with Gasteiger partial charge in [-0.3, -0.25) is 4.99 Å². The molecule has 0 bridgehead atoms. The molecule has 1 rings (SSSR count). The Morgan fingerprint density at radius 3 is 2.76 bits per heavy atom. The van der Waals surface area contributed by atoms with Crippen LogP contribution < -0.4 is 11.1 Å². The third kappa shape index (κ3) is 4.60. The number of hydrogen-bond acceptors (Lipinski definition) is 3. The van der Waals surface area contributed by atoms with Crippen LogP contribution in [0.25, 0.3) is 0 Å². The van der Waals surface area contributed by atoms with Crippen molar-refractivity contribution in [3.8, 4) is 0 Å². The monoisotopic (exact) mass is 256 g/mol. The fraction of sp³-hybridized carbons (Fsp3) is 0.750. The lowest BCUT2D eigenvalue weighted by Crippen LogP contribution is -2.43. The first kappa shape index (κ1) is 14.4. The molecule has 5 heteroatoms. The van der Waals surface area contributed by atoms with Gasteiger partial charge in [0.05, 0.1) is 6.54 Å². The van der Waals surface area contributed by atoms with Gasteiger partial charge in [-0.15, -0.1) is 6.58 Å². The average Bonchev–Trinajstić information content (AvgIpc) is 2.36. The molecule has 0 aromatic rings. The second-order valence-corrected chi connectivity index (χ2v) is 5.84. The molecule has 3 N–H and O–H groups in total. The Morgan fingerprint density at radius 2 is 2.24 bits per heavy atom. The van der Waals surface area contributed by atoms with Gasteiger partial charge in [-0.2, -0.15) is 11.8 Å². The van der Waals surface area contributed by atoms with Crippen LogP contribution in [0.15, 0.2) is 17.6 Å². The lowest BCUT2D eigenvalue weighted by molar-refractivity contribution is 0.242. The van der Waals surface area contributed by atoms with E-state index in [2.05, 4.69) is 35.1 Å². The molecule has 0 atom stereocenters. The van der Waals surface area contributed by atoms with Crippen molar-refractivity contribution in [2.24, 2.45) is 10.7 Å². The van der Waals surface area contributed by atoms with Crippen LogP contribution in [0.2, 0.25) is 0 Å². The highest BCUT2D eigenvalue weighted by Gasteiger charge is 2.32. The van der Waals surface area contributed by atoms with E-state index in [1.807, 2.05) is 11.8 Å². The Balaban J connectivity index is 2.48. The van der Waals surface area contributed by atoms with Crippen molar-refractivity contribution in [2.75, 3.05) is 39.5 Å². The standard InChI is InChI=1S/C12H24N4S/c1-4-7-14-11(13)15-10-12(17-3)5-8-16(2)9-6-12/h4H,1,5-10H2,2-3H3,(H3,13,14,15). The van der Waals surface area contributed by atoms with Gasteiger partial charge < -0.3 is 16.0 Å². The fourth-order valence-corrected chi connectivity index (χ4v) is 2.70. The van der Waals surface area contributed by atoms with Gasteiger partial charge in [-0.05, 0) is 39.2 Å². The molecule has 1 aliphatic rings. The van der Waals surface area contributed by atoms with Crippen LogP contribution in [-0.4, -0.2) is 55.1 Å². The fourth-order valence-electron chi connectivity index (χ4n) is 1.91. The number of nitrogens with two attached hydrogens (primary N) is 1. The third-order valence-corrected chi connectivity index (χ3v) is 4.70. The number of hydrogen-bond donors (Lipinski definition) is 2. The summed E-state index contributed by atoms with van der Waals surface area (Å²) in [5.41, 5.74) is 5.79. The lowest BCUT2D eigenvalue weighted by atomic mass is 9.96. The number of thioether (sulfide) groups is 1. The van der Waals surface area contributed by atoms with E-state index in [-0.39, 0.29) is 4.75 Å². The van der Waals surface area contributed by atoms with Gasteiger partial charge in [-0.1, -0.05) is 6.08 Å². The molecule has 0 aromatic heterocycles. The maximum absolute atomic E-state index is 5.79. The first-order chi connectivity index (χ1) is 8.12. The maximum atomic E-state index is 5.79. The normalized spacial score (nSPS) is 21.2. The third-order valence-electron chi connectivity index (χ3n) is 3.30. The van der Waals surface area contributed by atoms with Crippen molar-refractivity contribution in [3.63, 3.8) is 0 Å². The summed E-state index contributed by atoms with van der Waals surface area (Å²) in [6, 6.07) is 0. The molecular formula is C12H24N4S. The van der Waals surface area contributed by atoms with E-state index in [9.17, 15) is 0 Å². The Hall–Kier alpha value is -0.680. The van der Waals surface area contributed by atoms with Crippen LogP contribution in [0.4, 0.5) is 0 Å². The Morgan fingerprint density at radius 1 is 1.59 bits per heavy atom. The SMILES string of the molecule is C=CCNC(N)=NCC1(SC)CCN(C)CC1. The van der Waals surface area contributed by atoms with Crippen molar-refractivity contribution >= 4 is 17.7 Å². The summed E-state index contributed by atoms with van der Waals surface area (Å²) in [5.74, 6) is 0.525. The highest BCUT2D eigenvalue weighted by atomic mass is 32.2. The van der Waals surface area contributed by atoms with Gasteiger partial charge in [0.1, 0.15) is 0 Å². The van der Waals surface area contributed by atoms with E-state index in [0.717, 1.165) is 19.6 Å². The summed E-state index contributed by atoms with van der Waals surface area (Å²) < 4.78 is 0.271. The average molecular weight is 256 g/mol. The number of nitrogens with one attached hydrogen (secondary N) is 1. The van der Waals surface area contributed by atoms with Gasteiger partial charge >= 0.3 is 0 Å². The molecule has 98 valence electrons. The molecule has 4 nitrogen and oxygen atoms in total. The number of guanidine groups is 1. The second kappa shape index (κ2) is 6.91. The minimum Gasteiger partial charge on any atom is -0.370 e. The van der Waals surface area contributed by atoms with Gasteiger partial charge in [0, 0.05) is 11.3 Å². The molecular weight excluding hydrogens is 232 g/mol. The first-order valence-corrected chi connectivity index (χ1v) is 7.23. The summed E-state index contributed by atoms with van der Waals surface area (Å²) in [7, 11) is 2.17. The van der Waals surface area contributed by atoms with E-state index in [1.54, 1.807) is 6.08 Å². The van der Waals surface area contributed by atoms with E-state index in [1.165, 1.54) is 12.8 Å². The molecule has 0 unspecified atom stereocenters. The summed E-state index contributed by atoms with van der Waals surface area (Å²) >= 11 is 1.92. The molecule has 1 saturated heterocycles. The number of rotatable bonds is 5. The van der Waals surface area contributed by atoms with Crippen LogP contribution in [-0.2, 0) is 0 Å². The lowest BCUT2D eigenvalue weighted by Gasteiger charge is -2.38. The zero-order valence-corrected chi connectivity index (χ0v) is 11.7. The summed E-state index contributed by atoms with van der Waals surface area (Å²) in [6.45, 7) is 7.41. The predicted molar refractivity (Wildman–Crippen MR) is 77.7 cm³/mol. The zero-order chi connectivity index (χ0) is 12.7. The van der Waals surface area contributed by atoms with E-state index in [4.69, 9.17) is 5.73 Å². The van der Waals surface area contributed by atoms with Gasteiger partial charge in [0.15, 0.2) is 5.96 Å². The highest BCUT2D eigenvalue weighted by molar-refractivity contribution is 8.00. The molecule has 17 heavy (non-hydrogen) atoms. The van der Waals surface area contributed by atoms with E-state index >= 15 is 0 Å². The molecule has 1 fully saturated rings. The maximum Gasteiger partial charge on any atom is 0.188 e. The largest absolute Gasteiger partial charge is 0.370 e. The summed E-state index contributed by atoms with van der Waals surface area (Å²) in [4.78, 5) is 6.82. The van der Waals surface area contributed by atoms with E-state index < -0.39 is 0 Å².